The van der Waals surface area contributed by atoms with Gasteiger partial charge in [0.1, 0.15) is 0 Å². The van der Waals surface area contributed by atoms with Crippen LogP contribution >= 0.6 is 0 Å². The predicted octanol–water partition coefficient (Wildman–Crippen LogP) is 2.40. The molecule has 30 heavy (non-hydrogen) atoms. The molecule has 4 rings (SSSR count). The molecule has 0 radical (unpaired) electrons. The number of H-pyrrole nitrogens is 1. The summed E-state index contributed by atoms with van der Waals surface area (Å²) in [6.07, 6.45) is 7.39. The molecule has 2 aliphatic rings. The number of fused-ring (bicyclic) bond motifs is 1. The molecule has 2 fully saturated rings. The molecule has 2 N–H and O–H groups in total. The molecule has 2 amide bonds. The molecule has 0 bridgehead atoms. The van der Waals surface area contributed by atoms with Crippen LogP contribution in [0.4, 0.5) is 0 Å². The molecule has 8 heteroatoms. The third-order valence-electron chi connectivity index (χ3n) is 6.49. The molecule has 1 saturated heterocycles. The number of hydrogen-bond acceptors (Lipinski definition) is 4. The van der Waals surface area contributed by atoms with Crippen molar-refractivity contribution in [1.29, 1.82) is 0 Å². The first-order valence-electron chi connectivity index (χ1n) is 11.2. The van der Waals surface area contributed by atoms with E-state index in [-0.39, 0.29) is 35.9 Å². The Labute approximate surface area is 176 Å². The summed E-state index contributed by atoms with van der Waals surface area (Å²) in [6, 6.07) is 2.11. The summed E-state index contributed by atoms with van der Waals surface area (Å²) in [5.74, 6) is 0.124. The van der Waals surface area contributed by atoms with Gasteiger partial charge in [-0.1, -0.05) is 19.8 Å². The van der Waals surface area contributed by atoms with Crippen LogP contribution in [0.5, 0.6) is 0 Å². The molecular formula is C22H31N5O3. The second-order valence-corrected chi connectivity index (χ2v) is 8.53. The lowest BCUT2D eigenvalue weighted by Gasteiger charge is -2.23. The van der Waals surface area contributed by atoms with E-state index in [1.165, 1.54) is 17.4 Å². The van der Waals surface area contributed by atoms with Gasteiger partial charge < -0.3 is 10.2 Å². The normalized spacial score (nSPS) is 19.7. The molecule has 162 valence electrons. The maximum absolute atomic E-state index is 13.1. The Balaban J connectivity index is 1.53. The number of aryl methyl sites for hydroxylation is 1. The number of carbonyl (C=O) groups is 2. The lowest BCUT2D eigenvalue weighted by Crippen LogP contribution is -2.33. The lowest BCUT2D eigenvalue weighted by atomic mass is 10.1. The third kappa shape index (κ3) is 4.00. The zero-order valence-electron chi connectivity index (χ0n) is 17.9. The van der Waals surface area contributed by atoms with Gasteiger partial charge in [0.25, 0.3) is 5.56 Å². The summed E-state index contributed by atoms with van der Waals surface area (Å²) in [5, 5.41) is 6.25. The first-order valence-corrected chi connectivity index (χ1v) is 11.2. The number of carbonyl (C=O) groups excluding carboxylic acids is 2. The van der Waals surface area contributed by atoms with Crippen molar-refractivity contribution in [3.05, 3.63) is 33.4 Å². The standard InChI is InChI=1S/C22H31N5O3/c1-3-21(29)26-12-6-9-18(26)17-13-19-23-14(2)16(22(30)27(19)25-17)10-11-20(28)24-15-7-4-5-8-15/h13,15,18,25H,3-12H2,1-2H3,(H,24,28)/t18-/m1/s1. The minimum Gasteiger partial charge on any atom is -0.353 e. The van der Waals surface area contributed by atoms with Gasteiger partial charge in [0.15, 0.2) is 5.65 Å². The van der Waals surface area contributed by atoms with Crippen LogP contribution in [0.25, 0.3) is 5.65 Å². The highest BCUT2D eigenvalue weighted by Crippen LogP contribution is 2.31. The number of nitrogens with zero attached hydrogens (tertiary/aromatic N) is 3. The van der Waals surface area contributed by atoms with E-state index < -0.39 is 0 Å². The average Bonchev–Trinajstić information content (AvgIpc) is 3.47. The minimum atomic E-state index is -0.163. The highest BCUT2D eigenvalue weighted by molar-refractivity contribution is 5.77. The van der Waals surface area contributed by atoms with E-state index in [0.29, 0.717) is 29.7 Å². The summed E-state index contributed by atoms with van der Waals surface area (Å²) >= 11 is 0. The monoisotopic (exact) mass is 413 g/mol. The van der Waals surface area contributed by atoms with E-state index in [1.807, 2.05) is 24.8 Å². The van der Waals surface area contributed by atoms with Crippen molar-refractivity contribution in [1.82, 2.24) is 24.8 Å². The Morgan fingerprint density at radius 3 is 2.73 bits per heavy atom. The summed E-state index contributed by atoms with van der Waals surface area (Å²) in [5.41, 5.74) is 2.46. The maximum atomic E-state index is 13.1. The molecule has 2 aromatic rings. The van der Waals surface area contributed by atoms with E-state index >= 15 is 0 Å². The van der Waals surface area contributed by atoms with E-state index in [2.05, 4.69) is 15.4 Å². The molecule has 1 atom stereocenters. The molecular weight excluding hydrogens is 382 g/mol. The van der Waals surface area contributed by atoms with Gasteiger partial charge in [0, 0.05) is 42.8 Å². The van der Waals surface area contributed by atoms with Crippen molar-refractivity contribution in [2.75, 3.05) is 6.54 Å². The molecule has 1 aliphatic heterocycles. The first-order chi connectivity index (χ1) is 14.5. The lowest BCUT2D eigenvalue weighted by molar-refractivity contribution is -0.131. The van der Waals surface area contributed by atoms with Gasteiger partial charge in [-0.3, -0.25) is 19.5 Å². The fraction of sp³-hybridized carbons (Fsp3) is 0.636. The highest BCUT2D eigenvalue weighted by atomic mass is 16.2. The van der Waals surface area contributed by atoms with Crippen molar-refractivity contribution < 1.29 is 9.59 Å². The fourth-order valence-corrected chi connectivity index (χ4v) is 4.85. The number of aromatic nitrogens is 3. The molecule has 0 spiro atoms. The number of amides is 2. The van der Waals surface area contributed by atoms with Gasteiger partial charge in [0.05, 0.1) is 11.7 Å². The molecule has 0 aromatic carbocycles. The largest absolute Gasteiger partial charge is 0.353 e. The maximum Gasteiger partial charge on any atom is 0.276 e. The average molecular weight is 414 g/mol. The summed E-state index contributed by atoms with van der Waals surface area (Å²) < 4.78 is 1.46. The van der Waals surface area contributed by atoms with Crippen molar-refractivity contribution in [3.63, 3.8) is 0 Å². The predicted molar refractivity (Wildman–Crippen MR) is 113 cm³/mol. The Kier molecular flexibility index (Phi) is 5.92. The molecule has 8 nitrogen and oxygen atoms in total. The van der Waals surface area contributed by atoms with Gasteiger partial charge in [0.2, 0.25) is 11.8 Å². The van der Waals surface area contributed by atoms with Crippen LogP contribution in [-0.2, 0) is 16.0 Å². The molecule has 3 heterocycles. The van der Waals surface area contributed by atoms with Gasteiger partial charge >= 0.3 is 0 Å². The molecule has 1 saturated carbocycles. The van der Waals surface area contributed by atoms with Crippen LogP contribution in [0.1, 0.15) is 81.3 Å². The topological polar surface area (TPSA) is 99.6 Å². The Morgan fingerprint density at radius 2 is 2.00 bits per heavy atom. The van der Waals surface area contributed by atoms with Crippen LogP contribution in [0.2, 0.25) is 0 Å². The molecule has 0 unspecified atom stereocenters. The second-order valence-electron chi connectivity index (χ2n) is 8.53. The zero-order chi connectivity index (χ0) is 21.3. The van der Waals surface area contributed by atoms with E-state index in [4.69, 9.17) is 0 Å². The molecule has 1 aliphatic carbocycles. The van der Waals surface area contributed by atoms with E-state index in [1.54, 1.807) is 0 Å². The summed E-state index contributed by atoms with van der Waals surface area (Å²) in [6.45, 7) is 4.43. The SMILES string of the molecule is CCC(=O)N1CCC[C@@H]1c1cc2nc(C)c(CCC(=O)NC3CCCC3)c(=O)n2[nH]1. The smallest absolute Gasteiger partial charge is 0.276 e. The van der Waals surface area contributed by atoms with Gasteiger partial charge in [-0.2, -0.15) is 0 Å². The van der Waals surface area contributed by atoms with Crippen LogP contribution in [-0.4, -0.2) is 43.9 Å². The van der Waals surface area contributed by atoms with Gasteiger partial charge in [-0.15, -0.1) is 0 Å². The van der Waals surface area contributed by atoms with Crippen LogP contribution in [0.3, 0.4) is 0 Å². The van der Waals surface area contributed by atoms with E-state index in [0.717, 1.165) is 37.9 Å². The third-order valence-corrected chi connectivity index (χ3v) is 6.49. The fourth-order valence-electron chi connectivity index (χ4n) is 4.85. The number of nitrogens with one attached hydrogen (secondary N) is 2. The Bertz CT molecular complexity index is 1000. The number of aromatic amines is 1. The highest BCUT2D eigenvalue weighted by Gasteiger charge is 2.30. The van der Waals surface area contributed by atoms with E-state index in [9.17, 15) is 14.4 Å². The summed E-state index contributed by atoms with van der Waals surface area (Å²) in [4.78, 5) is 44.1. The van der Waals surface area contributed by atoms with Crippen LogP contribution in [0, 0.1) is 6.92 Å². The van der Waals surface area contributed by atoms with Crippen LogP contribution in [0.15, 0.2) is 10.9 Å². The first kappa shape index (κ1) is 20.6. The van der Waals surface area contributed by atoms with Crippen LogP contribution < -0.4 is 10.9 Å². The summed E-state index contributed by atoms with van der Waals surface area (Å²) in [7, 11) is 0. The Morgan fingerprint density at radius 1 is 1.23 bits per heavy atom. The molecule has 2 aromatic heterocycles. The number of hydrogen-bond donors (Lipinski definition) is 2. The minimum absolute atomic E-state index is 0.00218. The zero-order valence-corrected chi connectivity index (χ0v) is 17.9. The Hall–Kier alpha value is -2.64. The van der Waals surface area contributed by atoms with Gasteiger partial charge in [-0.25, -0.2) is 9.50 Å². The van der Waals surface area contributed by atoms with Crippen molar-refractivity contribution in [2.24, 2.45) is 0 Å². The quantitative estimate of drug-likeness (QED) is 0.759. The van der Waals surface area contributed by atoms with Crippen molar-refractivity contribution in [2.45, 2.75) is 83.7 Å². The van der Waals surface area contributed by atoms with Crippen molar-refractivity contribution in [3.8, 4) is 0 Å². The van der Waals surface area contributed by atoms with Crippen molar-refractivity contribution >= 4 is 17.5 Å². The number of rotatable bonds is 6. The second kappa shape index (κ2) is 8.62. The number of likely N-dealkylation sites (tertiary alicyclic amines) is 1. The van der Waals surface area contributed by atoms with Gasteiger partial charge in [-0.05, 0) is 39.0 Å².